The smallest absolute Gasteiger partial charge is 0.165 e. The molecular formula is C13H12BrFO. The third-order valence-electron chi connectivity index (χ3n) is 2.82. The summed E-state index contributed by atoms with van der Waals surface area (Å²) in [6, 6.07) is 7.30. The predicted octanol–water partition coefficient (Wildman–Crippen LogP) is 4.19. The first-order chi connectivity index (χ1) is 7.67. The van der Waals surface area contributed by atoms with Crippen LogP contribution in [0.3, 0.4) is 0 Å². The summed E-state index contributed by atoms with van der Waals surface area (Å²) in [6.45, 7) is 2.00. The first kappa shape index (κ1) is 11.4. The molecule has 0 aliphatic carbocycles. The van der Waals surface area contributed by atoms with Gasteiger partial charge in [0.25, 0.3) is 0 Å². The summed E-state index contributed by atoms with van der Waals surface area (Å²) in [5.74, 6) is -0.0247. The number of methoxy groups -OCH3 is 1. The fourth-order valence-corrected chi connectivity index (χ4v) is 2.43. The zero-order chi connectivity index (χ0) is 11.7. The van der Waals surface area contributed by atoms with Crippen molar-refractivity contribution in [1.82, 2.24) is 0 Å². The lowest BCUT2D eigenvalue weighted by atomic mass is 10.0. The summed E-state index contributed by atoms with van der Waals surface area (Å²) in [6.07, 6.45) is 0. The van der Waals surface area contributed by atoms with Crippen LogP contribution in [0, 0.1) is 12.7 Å². The molecule has 0 atom stereocenters. The second kappa shape index (κ2) is 4.42. The van der Waals surface area contributed by atoms with Gasteiger partial charge in [-0.15, -0.1) is 0 Å². The van der Waals surface area contributed by atoms with Crippen LogP contribution in [-0.4, -0.2) is 7.11 Å². The normalized spacial score (nSPS) is 10.8. The lowest BCUT2D eigenvalue weighted by molar-refractivity contribution is 0.387. The summed E-state index contributed by atoms with van der Waals surface area (Å²) in [7, 11) is 1.48. The Labute approximate surface area is 102 Å². The van der Waals surface area contributed by atoms with Gasteiger partial charge in [0.2, 0.25) is 0 Å². The molecule has 2 aromatic rings. The van der Waals surface area contributed by atoms with Crippen molar-refractivity contribution < 1.29 is 9.13 Å². The van der Waals surface area contributed by atoms with Gasteiger partial charge in [-0.25, -0.2) is 4.39 Å². The number of rotatable bonds is 2. The Bertz CT molecular complexity index is 535. The Morgan fingerprint density at radius 2 is 2.06 bits per heavy atom. The fraction of sp³-hybridized carbons (Fsp3) is 0.231. The zero-order valence-corrected chi connectivity index (χ0v) is 10.8. The molecular weight excluding hydrogens is 271 g/mol. The zero-order valence-electron chi connectivity index (χ0n) is 9.18. The number of halogens is 2. The molecule has 84 valence electrons. The van der Waals surface area contributed by atoms with Crippen molar-refractivity contribution in [2.45, 2.75) is 12.3 Å². The molecule has 16 heavy (non-hydrogen) atoms. The minimum Gasteiger partial charge on any atom is -0.494 e. The number of hydrogen-bond acceptors (Lipinski definition) is 1. The van der Waals surface area contributed by atoms with Crippen LogP contribution >= 0.6 is 15.9 Å². The van der Waals surface area contributed by atoms with Crippen LogP contribution < -0.4 is 4.74 Å². The summed E-state index contributed by atoms with van der Waals surface area (Å²) < 4.78 is 18.6. The van der Waals surface area contributed by atoms with Gasteiger partial charge in [0.15, 0.2) is 11.6 Å². The van der Waals surface area contributed by atoms with E-state index in [9.17, 15) is 4.39 Å². The average molecular weight is 283 g/mol. The summed E-state index contributed by atoms with van der Waals surface area (Å²) in [5.41, 5.74) is 2.29. The summed E-state index contributed by atoms with van der Waals surface area (Å²) >= 11 is 3.42. The van der Waals surface area contributed by atoms with Crippen LogP contribution in [0.25, 0.3) is 10.8 Å². The Balaban J connectivity index is 2.75. The molecule has 0 aliphatic heterocycles. The first-order valence-electron chi connectivity index (χ1n) is 4.99. The number of alkyl halides is 1. The monoisotopic (exact) mass is 282 g/mol. The average Bonchev–Trinajstić information content (AvgIpc) is 2.30. The van der Waals surface area contributed by atoms with E-state index in [-0.39, 0.29) is 5.82 Å². The molecule has 0 saturated carbocycles. The van der Waals surface area contributed by atoms with E-state index in [1.807, 2.05) is 19.1 Å². The highest BCUT2D eigenvalue weighted by atomic mass is 79.9. The SMILES string of the molecule is COc1cc2ccc(CBr)c(C)c2cc1F. The van der Waals surface area contributed by atoms with Crippen LogP contribution in [-0.2, 0) is 5.33 Å². The van der Waals surface area contributed by atoms with Gasteiger partial charge in [-0.1, -0.05) is 28.1 Å². The van der Waals surface area contributed by atoms with E-state index in [1.54, 1.807) is 6.07 Å². The Hall–Kier alpha value is -1.09. The van der Waals surface area contributed by atoms with Crippen molar-refractivity contribution in [3.63, 3.8) is 0 Å². The number of ether oxygens (including phenoxy) is 1. The number of aryl methyl sites for hydroxylation is 1. The van der Waals surface area contributed by atoms with E-state index in [1.165, 1.54) is 18.7 Å². The second-order valence-electron chi connectivity index (χ2n) is 3.69. The van der Waals surface area contributed by atoms with Crippen molar-refractivity contribution in [3.8, 4) is 5.75 Å². The minimum atomic E-state index is -0.315. The van der Waals surface area contributed by atoms with E-state index in [2.05, 4.69) is 15.9 Å². The molecule has 0 N–H and O–H groups in total. The van der Waals surface area contributed by atoms with Crippen LogP contribution in [0.1, 0.15) is 11.1 Å². The molecule has 0 aliphatic rings. The molecule has 2 aromatic carbocycles. The maximum absolute atomic E-state index is 13.6. The molecule has 3 heteroatoms. The van der Waals surface area contributed by atoms with Gasteiger partial charge in [0, 0.05) is 5.33 Å². The van der Waals surface area contributed by atoms with Crippen molar-refractivity contribution >= 4 is 26.7 Å². The minimum absolute atomic E-state index is 0.290. The van der Waals surface area contributed by atoms with E-state index < -0.39 is 0 Å². The third kappa shape index (κ3) is 1.80. The molecule has 0 radical (unpaired) electrons. The fourth-order valence-electron chi connectivity index (χ4n) is 1.82. The Morgan fingerprint density at radius 3 is 2.69 bits per heavy atom. The lowest BCUT2D eigenvalue weighted by Gasteiger charge is -2.09. The molecule has 0 saturated heterocycles. The molecule has 0 fully saturated rings. The van der Waals surface area contributed by atoms with Crippen molar-refractivity contribution in [2.24, 2.45) is 0 Å². The van der Waals surface area contributed by atoms with Gasteiger partial charge < -0.3 is 4.74 Å². The standard InChI is InChI=1S/C13H12BrFO/c1-8-10(7-14)4-3-9-5-13(16-2)12(15)6-11(8)9/h3-6H,7H2,1-2H3. The quantitative estimate of drug-likeness (QED) is 0.751. The van der Waals surface area contributed by atoms with Crippen molar-refractivity contribution in [3.05, 3.63) is 41.2 Å². The highest BCUT2D eigenvalue weighted by Gasteiger charge is 2.08. The summed E-state index contributed by atoms with van der Waals surface area (Å²) in [4.78, 5) is 0. The molecule has 0 heterocycles. The van der Waals surface area contributed by atoms with Crippen LogP contribution in [0.2, 0.25) is 0 Å². The van der Waals surface area contributed by atoms with Crippen LogP contribution in [0.4, 0.5) is 4.39 Å². The van der Waals surface area contributed by atoms with Gasteiger partial charge in [-0.05, 0) is 41.0 Å². The topological polar surface area (TPSA) is 9.23 Å². The Kier molecular flexibility index (Phi) is 3.15. The molecule has 2 rings (SSSR count). The van der Waals surface area contributed by atoms with E-state index in [0.717, 1.165) is 21.7 Å². The number of fused-ring (bicyclic) bond motifs is 1. The molecule has 0 unspecified atom stereocenters. The largest absolute Gasteiger partial charge is 0.494 e. The third-order valence-corrected chi connectivity index (χ3v) is 3.42. The van der Waals surface area contributed by atoms with E-state index >= 15 is 0 Å². The van der Waals surface area contributed by atoms with E-state index in [0.29, 0.717) is 5.75 Å². The molecule has 0 spiro atoms. The molecule has 0 aromatic heterocycles. The number of hydrogen-bond donors (Lipinski definition) is 0. The molecule has 1 nitrogen and oxygen atoms in total. The van der Waals surface area contributed by atoms with Crippen molar-refractivity contribution in [1.29, 1.82) is 0 Å². The van der Waals surface area contributed by atoms with Gasteiger partial charge in [-0.3, -0.25) is 0 Å². The van der Waals surface area contributed by atoms with Crippen molar-refractivity contribution in [2.75, 3.05) is 7.11 Å². The van der Waals surface area contributed by atoms with Gasteiger partial charge >= 0.3 is 0 Å². The molecule has 0 amide bonds. The van der Waals surface area contributed by atoms with E-state index in [4.69, 9.17) is 4.74 Å². The molecule has 0 bridgehead atoms. The summed E-state index contributed by atoms with van der Waals surface area (Å²) in [5, 5.41) is 2.72. The van der Waals surface area contributed by atoms with Gasteiger partial charge in [-0.2, -0.15) is 0 Å². The van der Waals surface area contributed by atoms with Gasteiger partial charge in [0.05, 0.1) is 7.11 Å². The maximum Gasteiger partial charge on any atom is 0.165 e. The lowest BCUT2D eigenvalue weighted by Crippen LogP contribution is -1.91. The highest BCUT2D eigenvalue weighted by Crippen LogP contribution is 2.29. The first-order valence-corrected chi connectivity index (χ1v) is 6.11. The van der Waals surface area contributed by atoms with Crippen LogP contribution in [0.5, 0.6) is 5.75 Å². The second-order valence-corrected chi connectivity index (χ2v) is 4.25. The predicted molar refractivity (Wildman–Crippen MR) is 67.8 cm³/mol. The number of benzene rings is 2. The Morgan fingerprint density at radius 1 is 1.31 bits per heavy atom. The highest BCUT2D eigenvalue weighted by molar-refractivity contribution is 9.08. The van der Waals surface area contributed by atoms with Gasteiger partial charge in [0.1, 0.15) is 0 Å². The van der Waals surface area contributed by atoms with Crippen LogP contribution in [0.15, 0.2) is 24.3 Å². The maximum atomic E-state index is 13.6.